The normalized spacial score (nSPS) is 24.1. The van der Waals surface area contributed by atoms with E-state index in [0.29, 0.717) is 12.4 Å². The Bertz CT molecular complexity index is 546. The van der Waals surface area contributed by atoms with Gasteiger partial charge in [-0.1, -0.05) is 0 Å². The number of ether oxygens (including phenoxy) is 2. The van der Waals surface area contributed by atoms with E-state index in [1.54, 1.807) is 6.07 Å². The van der Waals surface area contributed by atoms with Gasteiger partial charge in [-0.05, 0) is 54.6 Å². The number of hydrogen-bond donors (Lipinski definition) is 1. The topological polar surface area (TPSA) is 73.6 Å². The van der Waals surface area contributed by atoms with Gasteiger partial charge in [-0.25, -0.2) is 0 Å². The minimum Gasteiger partial charge on any atom is -0.487 e. The number of rotatable bonds is 3. The maximum Gasteiger partial charge on any atom is 0.270 e. The number of nitro groups is 1. The molecule has 1 aromatic carbocycles. The molecule has 0 amide bonds. The number of nitro benzene ring substituents is 1. The molecule has 6 nitrogen and oxygen atoms in total. The lowest BCUT2D eigenvalue weighted by molar-refractivity contribution is -0.385. The second kappa shape index (κ2) is 6.05. The molecule has 0 saturated carbocycles. The van der Waals surface area contributed by atoms with Crippen LogP contribution < -0.4 is 10.1 Å². The van der Waals surface area contributed by atoms with Gasteiger partial charge in [-0.15, -0.1) is 0 Å². The average molecular weight is 404 g/mol. The van der Waals surface area contributed by atoms with Crippen LogP contribution in [0.4, 0.5) is 5.69 Å². The maximum absolute atomic E-state index is 10.7. The van der Waals surface area contributed by atoms with Crippen LogP contribution in [0.5, 0.6) is 5.75 Å². The highest BCUT2D eigenvalue weighted by Gasteiger charge is 2.42. The summed E-state index contributed by atoms with van der Waals surface area (Å²) in [4.78, 5) is 10.4. The number of non-ortho nitro benzene ring substituents is 1. The number of nitrogens with one attached hydrogen (secondary N) is 1. The Morgan fingerprint density at radius 1 is 1.43 bits per heavy atom. The Labute approximate surface area is 136 Å². The molecule has 1 atom stereocenters. The molecule has 7 heteroatoms. The van der Waals surface area contributed by atoms with Crippen molar-refractivity contribution in [2.24, 2.45) is 0 Å². The molecule has 2 saturated heterocycles. The second-order valence-corrected chi connectivity index (χ2v) is 6.72. The van der Waals surface area contributed by atoms with Crippen molar-refractivity contribution in [3.63, 3.8) is 0 Å². The zero-order chi connectivity index (χ0) is 14.9. The lowest BCUT2D eigenvalue weighted by Crippen LogP contribution is -2.41. The standard InChI is InChI=1S/C14H17IN2O4/c15-12-7-10(17(18)19)1-2-13(12)21-11-8-14(20-9-11)3-5-16-6-4-14/h1-2,7,11,16H,3-6,8-9H2. The fourth-order valence-corrected chi connectivity index (χ4v) is 3.61. The molecule has 1 N–H and O–H groups in total. The minimum atomic E-state index is -0.394. The molecular weight excluding hydrogens is 387 g/mol. The lowest BCUT2D eigenvalue weighted by atomic mass is 9.89. The summed E-state index contributed by atoms with van der Waals surface area (Å²) in [7, 11) is 0. The smallest absolute Gasteiger partial charge is 0.270 e. The van der Waals surface area contributed by atoms with Crippen molar-refractivity contribution in [3.8, 4) is 5.75 Å². The molecule has 1 aromatic rings. The molecular formula is C14H17IN2O4. The fraction of sp³-hybridized carbons (Fsp3) is 0.571. The van der Waals surface area contributed by atoms with Crippen molar-refractivity contribution >= 4 is 28.3 Å². The quantitative estimate of drug-likeness (QED) is 0.476. The molecule has 0 radical (unpaired) electrons. The van der Waals surface area contributed by atoms with Crippen LogP contribution in [0.2, 0.25) is 0 Å². The summed E-state index contributed by atoms with van der Waals surface area (Å²) in [6, 6.07) is 4.69. The zero-order valence-electron chi connectivity index (χ0n) is 11.5. The van der Waals surface area contributed by atoms with Gasteiger partial charge < -0.3 is 14.8 Å². The Hall–Kier alpha value is -0.930. The molecule has 2 aliphatic rings. The number of benzene rings is 1. The molecule has 2 fully saturated rings. The van der Waals surface area contributed by atoms with E-state index < -0.39 is 4.92 Å². The van der Waals surface area contributed by atoms with Crippen molar-refractivity contribution in [1.29, 1.82) is 0 Å². The summed E-state index contributed by atoms with van der Waals surface area (Å²) >= 11 is 2.07. The van der Waals surface area contributed by atoms with Gasteiger partial charge in [0.15, 0.2) is 0 Å². The predicted octanol–water partition coefficient (Wildman–Crippen LogP) is 2.49. The summed E-state index contributed by atoms with van der Waals surface area (Å²) < 4.78 is 12.7. The molecule has 0 aromatic heterocycles. The summed E-state index contributed by atoms with van der Waals surface area (Å²) in [5, 5.41) is 14.1. The number of nitrogens with zero attached hydrogens (tertiary/aromatic N) is 1. The van der Waals surface area contributed by atoms with E-state index in [0.717, 1.165) is 35.9 Å². The van der Waals surface area contributed by atoms with Gasteiger partial charge in [-0.2, -0.15) is 0 Å². The van der Waals surface area contributed by atoms with Gasteiger partial charge in [0.1, 0.15) is 11.9 Å². The molecule has 1 spiro atoms. The van der Waals surface area contributed by atoms with Crippen molar-refractivity contribution < 1.29 is 14.4 Å². The van der Waals surface area contributed by atoms with Crippen molar-refractivity contribution in [2.45, 2.75) is 31.0 Å². The van der Waals surface area contributed by atoms with Gasteiger partial charge in [0.05, 0.1) is 20.7 Å². The molecule has 1 unspecified atom stereocenters. The Balaban J connectivity index is 1.66. The Kier molecular flexibility index (Phi) is 4.32. The first kappa shape index (κ1) is 15.0. The molecule has 0 aliphatic carbocycles. The van der Waals surface area contributed by atoms with Crippen LogP contribution in [0.3, 0.4) is 0 Å². The van der Waals surface area contributed by atoms with Crippen LogP contribution in [0.25, 0.3) is 0 Å². The van der Waals surface area contributed by atoms with E-state index in [1.807, 2.05) is 0 Å². The van der Waals surface area contributed by atoms with Crippen LogP contribution in [0.1, 0.15) is 19.3 Å². The Morgan fingerprint density at radius 3 is 2.86 bits per heavy atom. The van der Waals surface area contributed by atoms with Crippen LogP contribution in [0, 0.1) is 13.7 Å². The largest absolute Gasteiger partial charge is 0.487 e. The number of hydrogen-bond acceptors (Lipinski definition) is 5. The van der Waals surface area contributed by atoms with Crippen molar-refractivity contribution in [2.75, 3.05) is 19.7 Å². The monoisotopic (exact) mass is 404 g/mol. The molecule has 2 heterocycles. The SMILES string of the molecule is O=[N+]([O-])c1ccc(OC2COC3(CCNCC3)C2)c(I)c1. The van der Waals surface area contributed by atoms with Crippen molar-refractivity contribution in [1.82, 2.24) is 5.32 Å². The number of piperidine rings is 1. The van der Waals surface area contributed by atoms with E-state index >= 15 is 0 Å². The summed E-state index contributed by atoms with van der Waals surface area (Å²) in [5.74, 6) is 0.695. The van der Waals surface area contributed by atoms with Crippen LogP contribution in [0.15, 0.2) is 18.2 Å². The zero-order valence-corrected chi connectivity index (χ0v) is 13.7. The van der Waals surface area contributed by atoms with Gasteiger partial charge in [0.2, 0.25) is 0 Å². The third-order valence-corrected chi connectivity index (χ3v) is 4.95. The first-order valence-electron chi connectivity index (χ1n) is 7.03. The molecule has 2 aliphatic heterocycles. The van der Waals surface area contributed by atoms with Gasteiger partial charge in [0, 0.05) is 18.6 Å². The highest BCUT2D eigenvalue weighted by atomic mass is 127. The van der Waals surface area contributed by atoms with E-state index in [2.05, 4.69) is 27.9 Å². The predicted molar refractivity (Wildman–Crippen MR) is 85.6 cm³/mol. The lowest BCUT2D eigenvalue weighted by Gasteiger charge is -2.32. The van der Waals surface area contributed by atoms with Crippen LogP contribution in [-0.2, 0) is 4.74 Å². The summed E-state index contributed by atoms with van der Waals surface area (Å²) in [6.07, 6.45) is 2.95. The van der Waals surface area contributed by atoms with E-state index in [4.69, 9.17) is 9.47 Å². The summed E-state index contributed by atoms with van der Waals surface area (Å²) in [5.41, 5.74) is 0.0477. The molecule has 21 heavy (non-hydrogen) atoms. The third kappa shape index (κ3) is 3.29. The fourth-order valence-electron chi connectivity index (χ4n) is 2.99. The molecule has 3 rings (SSSR count). The number of halogens is 1. The van der Waals surface area contributed by atoms with Gasteiger partial charge in [0.25, 0.3) is 5.69 Å². The van der Waals surface area contributed by atoms with Crippen LogP contribution in [-0.4, -0.2) is 36.3 Å². The van der Waals surface area contributed by atoms with Crippen LogP contribution >= 0.6 is 22.6 Å². The average Bonchev–Trinajstić information content (AvgIpc) is 2.84. The maximum atomic E-state index is 10.7. The first-order chi connectivity index (χ1) is 10.1. The molecule has 0 bridgehead atoms. The van der Waals surface area contributed by atoms with Crippen molar-refractivity contribution in [3.05, 3.63) is 31.9 Å². The van der Waals surface area contributed by atoms with Gasteiger partial charge >= 0.3 is 0 Å². The van der Waals surface area contributed by atoms with E-state index in [9.17, 15) is 10.1 Å². The molecule has 114 valence electrons. The highest BCUT2D eigenvalue weighted by Crippen LogP contribution is 2.36. The Morgan fingerprint density at radius 2 is 2.19 bits per heavy atom. The highest BCUT2D eigenvalue weighted by molar-refractivity contribution is 14.1. The van der Waals surface area contributed by atoms with E-state index in [1.165, 1.54) is 12.1 Å². The second-order valence-electron chi connectivity index (χ2n) is 5.56. The third-order valence-electron chi connectivity index (χ3n) is 4.11. The first-order valence-corrected chi connectivity index (χ1v) is 8.11. The van der Waals surface area contributed by atoms with Gasteiger partial charge in [-0.3, -0.25) is 10.1 Å². The van der Waals surface area contributed by atoms with E-state index in [-0.39, 0.29) is 17.4 Å². The minimum absolute atomic E-state index is 0.0260. The summed E-state index contributed by atoms with van der Waals surface area (Å²) in [6.45, 7) is 2.57.